The molecule has 0 aromatic carbocycles. The lowest BCUT2D eigenvalue weighted by Crippen LogP contribution is -2.52. The Morgan fingerprint density at radius 3 is 1.48 bits per heavy atom. The van der Waals surface area contributed by atoms with Gasteiger partial charge in [0.1, 0.15) is 0 Å². The molecule has 0 spiro atoms. The number of ether oxygens (including phenoxy) is 2. The lowest BCUT2D eigenvalue weighted by molar-refractivity contribution is -0.206. The third-order valence-electron chi connectivity index (χ3n) is 8.72. The van der Waals surface area contributed by atoms with Gasteiger partial charge in [0.05, 0.1) is 10.8 Å². The van der Waals surface area contributed by atoms with Crippen LogP contribution in [-0.2, 0) is 39.3 Å². The Bertz CT molecular complexity index is 1320. The zero-order valence-corrected chi connectivity index (χ0v) is 29.7. The molecule has 2 unspecified atom stereocenters. The van der Waals surface area contributed by atoms with Crippen molar-refractivity contribution in [3.8, 4) is 0 Å². The first-order valence-electron chi connectivity index (χ1n) is 14.2. The Morgan fingerprint density at radius 1 is 0.674 bits per heavy atom. The fraction of sp³-hybridized carbons (Fsp3) is 0.929. The van der Waals surface area contributed by atoms with Gasteiger partial charge in [-0.25, -0.2) is 0 Å². The van der Waals surface area contributed by atoms with E-state index < -0.39 is 94.8 Å². The Hall–Kier alpha value is -1.66. The van der Waals surface area contributed by atoms with E-state index in [1.54, 1.807) is 62.3 Å². The van der Waals surface area contributed by atoms with E-state index >= 15 is 0 Å². The summed E-state index contributed by atoms with van der Waals surface area (Å²) in [5, 5.41) is -10.7. The van der Waals surface area contributed by atoms with Gasteiger partial charge in [-0.2, -0.15) is 43.2 Å². The highest BCUT2D eigenvalue weighted by molar-refractivity contribution is 7.87. The molecule has 0 heterocycles. The van der Waals surface area contributed by atoms with Crippen LogP contribution in [0.4, 0.5) is 26.3 Å². The molecule has 46 heavy (non-hydrogen) atoms. The maximum atomic E-state index is 14.2. The van der Waals surface area contributed by atoms with Crippen molar-refractivity contribution in [3.05, 3.63) is 0 Å². The smallest absolute Gasteiger partial charge is 0.435 e. The van der Waals surface area contributed by atoms with Gasteiger partial charge in [-0.1, -0.05) is 62.3 Å². The number of esters is 2. The van der Waals surface area contributed by atoms with Gasteiger partial charge in [-0.3, -0.25) is 18.7 Å². The summed E-state index contributed by atoms with van der Waals surface area (Å²) in [6, 6.07) is 0. The zero-order valence-electron chi connectivity index (χ0n) is 28.1. The van der Waals surface area contributed by atoms with E-state index in [-0.39, 0.29) is 25.7 Å². The van der Waals surface area contributed by atoms with E-state index in [2.05, 4.69) is 9.47 Å². The molecule has 18 heteroatoms. The van der Waals surface area contributed by atoms with Gasteiger partial charge in [-0.15, -0.1) is 0 Å². The van der Waals surface area contributed by atoms with E-state index in [1.807, 2.05) is 0 Å². The van der Waals surface area contributed by atoms with E-state index in [0.717, 1.165) is 0 Å². The highest BCUT2D eigenvalue weighted by atomic mass is 32.2. The maximum Gasteiger partial charge on any atom is 0.435 e. The highest BCUT2D eigenvalue weighted by Crippen LogP contribution is 2.53. The predicted molar refractivity (Wildman–Crippen MR) is 156 cm³/mol. The molecular weight excluding hydrogens is 674 g/mol. The Balaban J connectivity index is 6.23. The molecule has 0 saturated carbocycles. The lowest BCUT2D eigenvalue weighted by Gasteiger charge is -2.47. The van der Waals surface area contributed by atoms with Crippen LogP contribution in [0.3, 0.4) is 0 Å². The van der Waals surface area contributed by atoms with Gasteiger partial charge in [0.15, 0.2) is 13.2 Å². The summed E-state index contributed by atoms with van der Waals surface area (Å²) in [5.41, 5.74) is -5.65. The second-order valence-corrected chi connectivity index (χ2v) is 18.3. The second kappa shape index (κ2) is 13.7. The number of halogens is 6. The standard InChI is InChI=1S/C28H48F6O10S2/c1-18(2)24(10,19(35)44-17-27(31,32)45(37,38)39)15-22(6,7)12-13-23(8,9)25(11,14-21(3,4)5)20(36)43-16-26(29,30)28(33,34)46(40,41)42/h18H,12-17H2,1-11H3,(H,37,38,39)(H,40,41,42). The summed E-state index contributed by atoms with van der Waals surface area (Å²) >= 11 is 0. The molecule has 0 bridgehead atoms. The summed E-state index contributed by atoms with van der Waals surface area (Å²) < 4.78 is 153. The van der Waals surface area contributed by atoms with Crippen LogP contribution in [0, 0.1) is 33.0 Å². The van der Waals surface area contributed by atoms with Crippen LogP contribution in [0.1, 0.15) is 102 Å². The van der Waals surface area contributed by atoms with Gasteiger partial charge in [-0.05, 0) is 61.7 Å². The average molecular weight is 723 g/mol. The van der Waals surface area contributed by atoms with Crippen LogP contribution in [0.25, 0.3) is 0 Å². The monoisotopic (exact) mass is 722 g/mol. The molecule has 0 aliphatic carbocycles. The number of carbonyl (C=O) groups is 2. The molecule has 10 nitrogen and oxygen atoms in total. The Morgan fingerprint density at radius 2 is 1.11 bits per heavy atom. The lowest BCUT2D eigenvalue weighted by atomic mass is 9.57. The van der Waals surface area contributed by atoms with Gasteiger partial charge in [0, 0.05) is 0 Å². The average Bonchev–Trinajstić information content (AvgIpc) is 2.81. The number of alkyl halides is 6. The summed E-state index contributed by atoms with van der Waals surface area (Å²) in [6.45, 7) is 13.6. The van der Waals surface area contributed by atoms with E-state index in [1.165, 1.54) is 13.8 Å². The van der Waals surface area contributed by atoms with Crippen molar-refractivity contribution in [3.63, 3.8) is 0 Å². The fourth-order valence-corrected chi connectivity index (χ4v) is 5.79. The van der Waals surface area contributed by atoms with Crippen molar-refractivity contribution in [1.29, 1.82) is 0 Å². The van der Waals surface area contributed by atoms with Crippen LogP contribution < -0.4 is 0 Å². The van der Waals surface area contributed by atoms with Crippen LogP contribution in [0.2, 0.25) is 0 Å². The van der Waals surface area contributed by atoms with E-state index in [4.69, 9.17) is 9.11 Å². The second-order valence-electron chi connectivity index (χ2n) is 15.3. The van der Waals surface area contributed by atoms with Crippen molar-refractivity contribution in [1.82, 2.24) is 0 Å². The molecule has 274 valence electrons. The minimum atomic E-state index is -6.55. The molecule has 0 rings (SSSR count). The molecule has 0 aromatic rings. The van der Waals surface area contributed by atoms with Crippen LogP contribution in [0.15, 0.2) is 0 Å². The van der Waals surface area contributed by atoms with Crippen molar-refractivity contribution < 1.29 is 71.3 Å². The van der Waals surface area contributed by atoms with Gasteiger partial charge in [0.2, 0.25) is 0 Å². The molecule has 2 N–H and O–H groups in total. The largest absolute Gasteiger partial charge is 0.459 e. The molecule has 0 amide bonds. The van der Waals surface area contributed by atoms with Gasteiger partial charge < -0.3 is 9.47 Å². The minimum absolute atomic E-state index is 0.00139. The Kier molecular flexibility index (Phi) is 13.2. The molecule has 0 fully saturated rings. The molecule has 0 aliphatic rings. The number of carbonyl (C=O) groups excluding carboxylic acids is 2. The summed E-state index contributed by atoms with van der Waals surface area (Å²) in [5.74, 6) is -8.46. The molecule has 0 radical (unpaired) electrons. The van der Waals surface area contributed by atoms with E-state index in [9.17, 15) is 52.8 Å². The number of hydrogen-bond donors (Lipinski definition) is 2. The number of rotatable bonds is 17. The molecule has 0 aliphatic heterocycles. The van der Waals surface area contributed by atoms with E-state index in [0.29, 0.717) is 0 Å². The SMILES string of the molecule is CC(C)C(C)(CC(C)(C)CCC(C)(C)C(C)(CC(C)(C)C)C(=O)OCC(F)(F)C(F)(F)S(=O)(=O)O)C(=O)OCC(F)(F)S(=O)(=O)O. The fourth-order valence-electron chi connectivity index (χ4n) is 5.15. The Labute approximate surface area is 267 Å². The van der Waals surface area contributed by atoms with Gasteiger partial charge in [0.25, 0.3) is 0 Å². The first-order valence-corrected chi connectivity index (χ1v) is 17.1. The van der Waals surface area contributed by atoms with Crippen LogP contribution in [0.5, 0.6) is 0 Å². The third kappa shape index (κ3) is 10.4. The van der Waals surface area contributed by atoms with Crippen molar-refractivity contribution in [2.24, 2.45) is 33.0 Å². The van der Waals surface area contributed by atoms with Crippen molar-refractivity contribution in [2.75, 3.05) is 13.2 Å². The predicted octanol–water partition coefficient (Wildman–Crippen LogP) is 7.00. The topological polar surface area (TPSA) is 161 Å². The quantitative estimate of drug-likeness (QED) is 0.0909. The van der Waals surface area contributed by atoms with Crippen molar-refractivity contribution >= 4 is 32.2 Å². The van der Waals surface area contributed by atoms with Crippen LogP contribution >= 0.6 is 0 Å². The van der Waals surface area contributed by atoms with Crippen LogP contribution in [-0.4, -0.2) is 67.5 Å². The zero-order chi connectivity index (χ0) is 37.4. The summed E-state index contributed by atoms with van der Waals surface area (Å²) in [7, 11) is -12.4. The molecule has 2 atom stereocenters. The molecular formula is C28H48F6O10S2. The highest BCUT2D eigenvalue weighted by Gasteiger charge is 2.67. The first kappa shape index (κ1) is 44.3. The normalized spacial score (nSPS) is 17.3. The maximum absolute atomic E-state index is 14.2. The molecule has 0 saturated heterocycles. The summed E-state index contributed by atoms with van der Waals surface area (Å²) in [6.07, 6.45) is 0.357. The summed E-state index contributed by atoms with van der Waals surface area (Å²) in [4.78, 5) is 26.4. The number of hydrogen-bond acceptors (Lipinski definition) is 8. The van der Waals surface area contributed by atoms with Gasteiger partial charge >= 0.3 is 48.6 Å². The minimum Gasteiger partial charge on any atom is -0.459 e. The third-order valence-corrected chi connectivity index (χ3v) is 10.5. The first-order chi connectivity index (χ1) is 19.8. The molecule has 0 aromatic heterocycles. The van der Waals surface area contributed by atoms with Crippen molar-refractivity contribution in [2.45, 2.75) is 118 Å².